The Hall–Kier alpha value is -1.36. The Labute approximate surface area is 139 Å². The zero-order valence-corrected chi connectivity index (χ0v) is 15.2. The van der Waals surface area contributed by atoms with Gasteiger partial charge in [0.1, 0.15) is 5.69 Å². The van der Waals surface area contributed by atoms with Crippen LogP contribution in [0, 0.1) is 0 Å². The number of carbonyl (C=O) groups excluding carboxylic acids is 1. The largest absolute Gasteiger partial charge is 0.369 e. The highest BCUT2D eigenvalue weighted by Crippen LogP contribution is 2.40. The van der Waals surface area contributed by atoms with Crippen molar-refractivity contribution >= 4 is 5.91 Å². The lowest BCUT2D eigenvalue weighted by Crippen LogP contribution is -2.54. The average molecular weight is 319 g/mol. The third kappa shape index (κ3) is 3.44. The molecule has 0 bridgehead atoms. The fraction of sp³-hybridized carbons (Fsp3) is 0.778. The lowest BCUT2D eigenvalue weighted by atomic mass is 10.0. The lowest BCUT2D eigenvalue weighted by Gasteiger charge is -2.41. The van der Waals surface area contributed by atoms with Gasteiger partial charge < -0.3 is 9.64 Å². The van der Waals surface area contributed by atoms with Crippen molar-refractivity contribution in [3.05, 3.63) is 17.5 Å². The smallest absolute Gasteiger partial charge is 0.272 e. The van der Waals surface area contributed by atoms with E-state index in [1.807, 2.05) is 36.4 Å². The molecular formula is C18H29N3O2. The molecule has 1 aromatic heterocycles. The maximum atomic E-state index is 13.2. The van der Waals surface area contributed by atoms with Gasteiger partial charge in [0.2, 0.25) is 0 Å². The summed E-state index contributed by atoms with van der Waals surface area (Å²) in [4.78, 5) is 15.1. The average Bonchev–Trinajstić information content (AvgIpc) is 3.13. The van der Waals surface area contributed by atoms with Crippen molar-refractivity contribution in [3.63, 3.8) is 0 Å². The quantitative estimate of drug-likeness (QED) is 0.841. The molecule has 2 aliphatic rings. The van der Waals surface area contributed by atoms with Crippen molar-refractivity contribution in [2.24, 2.45) is 0 Å². The number of ether oxygens (including phenoxy) is 1. The molecule has 1 saturated heterocycles. The SMILES string of the molecule is C[C@H]1CN(C(=O)c2cc(C3CC3)nn2C(C)(C)C)CC(C)(C)O1. The molecule has 2 fully saturated rings. The van der Waals surface area contributed by atoms with E-state index in [9.17, 15) is 4.79 Å². The van der Waals surface area contributed by atoms with Gasteiger partial charge in [0.25, 0.3) is 5.91 Å². The van der Waals surface area contributed by atoms with Gasteiger partial charge >= 0.3 is 0 Å². The van der Waals surface area contributed by atoms with Gasteiger partial charge in [-0.2, -0.15) is 5.10 Å². The number of amides is 1. The predicted octanol–water partition coefficient (Wildman–Crippen LogP) is 3.16. The highest BCUT2D eigenvalue weighted by atomic mass is 16.5. The maximum absolute atomic E-state index is 13.2. The minimum absolute atomic E-state index is 0.0524. The first-order valence-corrected chi connectivity index (χ1v) is 8.64. The Bertz CT molecular complexity index is 608. The van der Waals surface area contributed by atoms with E-state index in [2.05, 4.69) is 20.8 Å². The molecule has 0 N–H and O–H groups in total. The van der Waals surface area contributed by atoms with Crippen molar-refractivity contribution in [1.82, 2.24) is 14.7 Å². The van der Waals surface area contributed by atoms with Gasteiger partial charge in [-0.05, 0) is 60.5 Å². The number of hydrogen-bond acceptors (Lipinski definition) is 3. The highest BCUT2D eigenvalue weighted by Gasteiger charge is 2.37. The fourth-order valence-corrected chi connectivity index (χ4v) is 3.41. The Morgan fingerprint density at radius 1 is 1.35 bits per heavy atom. The van der Waals surface area contributed by atoms with Crippen LogP contribution in [0.4, 0.5) is 0 Å². The molecule has 0 unspecified atom stereocenters. The third-order valence-corrected chi connectivity index (χ3v) is 4.43. The molecule has 0 radical (unpaired) electrons. The number of rotatable bonds is 2. The first kappa shape index (κ1) is 16.5. The van der Waals surface area contributed by atoms with Crippen LogP contribution in [0.3, 0.4) is 0 Å². The van der Waals surface area contributed by atoms with Gasteiger partial charge in [0.05, 0.1) is 22.9 Å². The van der Waals surface area contributed by atoms with E-state index in [0.29, 0.717) is 24.7 Å². The Morgan fingerprint density at radius 2 is 2.00 bits per heavy atom. The minimum Gasteiger partial charge on any atom is -0.369 e. The van der Waals surface area contributed by atoms with E-state index in [-0.39, 0.29) is 23.2 Å². The highest BCUT2D eigenvalue weighted by molar-refractivity contribution is 5.93. The van der Waals surface area contributed by atoms with E-state index in [0.717, 1.165) is 5.69 Å². The van der Waals surface area contributed by atoms with Crippen LogP contribution in [0.1, 0.15) is 76.5 Å². The molecular weight excluding hydrogens is 290 g/mol. The molecule has 23 heavy (non-hydrogen) atoms. The van der Waals surface area contributed by atoms with Gasteiger partial charge in [0.15, 0.2) is 0 Å². The number of carbonyl (C=O) groups is 1. The lowest BCUT2D eigenvalue weighted by molar-refractivity contribution is -0.119. The number of morpholine rings is 1. The summed E-state index contributed by atoms with van der Waals surface area (Å²) < 4.78 is 7.84. The van der Waals surface area contributed by atoms with Crippen LogP contribution in [0.15, 0.2) is 6.07 Å². The molecule has 5 nitrogen and oxygen atoms in total. The van der Waals surface area contributed by atoms with Crippen molar-refractivity contribution < 1.29 is 9.53 Å². The molecule has 1 aromatic rings. The molecule has 1 amide bonds. The van der Waals surface area contributed by atoms with Gasteiger partial charge in [-0.25, -0.2) is 0 Å². The monoisotopic (exact) mass is 319 g/mol. The van der Waals surface area contributed by atoms with E-state index < -0.39 is 0 Å². The van der Waals surface area contributed by atoms with Crippen LogP contribution < -0.4 is 0 Å². The second-order valence-corrected chi connectivity index (χ2v) is 8.69. The van der Waals surface area contributed by atoms with Gasteiger partial charge in [0, 0.05) is 19.0 Å². The fourth-order valence-electron chi connectivity index (χ4n) is 3.41. The zero-order valence-electron chi connectivity index (χ0n) is 15.2. The normalized spacial score (nSPS) is 24.8. The maximum Gasteiger partial charge on any atom is 0.272 e. The predicted molar refractivity (Wildman–Crippen MR) is 89.7 cm³/mol. The van der Waals surface area contributed by atoms with Crippen molar-refractivity contribution in [2.45, 2.75) is 77.5 Å². The van der Waals surface area contributed by atoms with Crippen LogP contribution in [0.2, 0.25) is 0 Å². The standard InChI is InChI=1S/C18H29N3O2/c1-12-10-20(11-18(5,6)23-12)16(22)15-9-14(13-7-8-13)19-21(15)17(2,3)4/h9,12-13H,7-8,10-11H2,1-6H3/t12-/m0/s1. The molecule has 1 aliphatic carbocycles. The van der Waals surface area contributed by atoms with Crippen LogP contribution in [0.25, 0.3) is 0 Å². The molecule has 1 aliphatic heterocycles. The number of aromatic nitrogens is 2. The Morgan fingerprint density at radius 3 is 2.52 bits per heavy atom. The molecule has 1 saturated carbocycles. The summed E-state index contributed by atoms with van der Waals surface area (Å²) in [6, 6.07) is 2.01. The van der Waals surface area contributed by atoms with Crippen molar-refractivity contribution in [3.8, 4) is 0 Å². The van der Waals surface area contributed by atoms with Crippen LogP contribution in [-0.2, 0) is 10.3 Å². The van der Waals surface area contributed by atoms with Crippen LogP contribution in [-0.4, -0.2) is 45.4 Å². The molecule has 0 aromatic carbocycles. The second kappa shape index (κ2) is 5.33. The summed E-state index contributed by atoms with van der Waals surface area (Å²) in [7, 11) is 0. The summed E-state index contributed by atoms with van der Waals surface area (Å²) in [6.07, 6.45) is 2.43. The topological polar surface area (TPSA) is 47.4 Å². The van der Waals surface area contributed by atoms with Gasteiger partial charge in [-0.3, -0.25) is 9.48 Å². The molecule has 5 heteroatoms. The number of nitrogens with zero attached hydrogens (tertiary/aromatic N) is 3. The van der Waals surface area contributed by atoms with E-state index in [1.165, 1.54) is 12.8 Å². The summed E-state index contributed by atoms with van der Waals surface area (Å²) in [6.45, 7) is 13.6. The zero-order chi connectivity index (χ0) is 17.0. The van der Waals surface area contributed by atoms with E-state index in [4.69, 9.17) is 9.84 Å². The van der Waals surface area contributed by atoms with E-state index in [1.54, 1.807) is 0 Å². The minimum atomic E-state index is -0.306. The number of hydrogen-bond donors (Lipinski definition) is 0. The summed E-state index contributed by atoms with van der Waals surface area (Å²) in [5, 5.41) is 4.75. The molecule has 128 valence electrons. The first-order valence-electron chi connectivity index (χ1n) is 8.64. The Balaban J connectivity index is 1.92. The molecule has 3 rings (SSSR count). The summed E-state index contributed by atoms with van der Waals surface area (Å²) >= 11 is 0. The van der Waals surface area contributed by atoms with Crippen molar-refractivity contribution in [2.75, 3.05) is 13.1 Å². The molecule has 0 spiro atoms. The summed E-state index contributed by atoms with van der Waals surface area (Å²) in [5.41, 5.74) is 1.28. The molecule has 2 heterocycles. The van der Waals surface area contributed by atoms with Gasteiger partial charge in [-0.15, -0.1) is 0 Å². The van der Waals surface area contributed by atoms with Crippen molar-refractivity contribution in [1.29, 1.82) is 0 Å². The Kier molecular flexibility index (Phi) is 3.82. The van der Waals surface area contributed by atoms with Crippen LogP contribution in [0.5, 0.6) is 0 Å². The molecule has 1 atom stereocenters. The first-order chi connectivity index (χ1) is 10.6. The third-order valence-electron chi connectivity index (χ3n) is 4.43. The van der Waals surface area contributed by atoms with E-state index >= 15 is 0 Å². The van der Waals surface area contributed by atoms with Gasteiger partial charge in [-0.1, -0.05) is 0 Å². The van der Waals surface area contributed by atoms with Crippen LogP contribution >= 0.6 is 0 Å². The summed E-state index contributed by atoms with van der Waals surface area (Å²) in [5.74, 6) is 0.618. The second-order valence-electron chi connectivity index (χ2n) is 8.69.